The molecular formula is C20H29N. The predicted octanol–water partition coefficient (Wildman–Crippen LogP) is 4.77. The van der Waals surface area contributed by atoms with Crippen LogP contribution in [0.15, 0.2) is 30.3 Å². The van der Waals surface area contributed by atoms with Crippen LogP contribution in [0.1, 0.15) is 57.9 Å². The number of rotatable bonds is 4. The van der Waals surface area contributed by atoms with E-state index in [0.29, 0.717) is 16.2 Å². The average molecular weight is 283 g/mol. The Morgan fingerprint density at radius 3 is 2.24 bits per heavy atom. The van der Waals surface area contributed by atoms with Gasteiger partial charge in [0.1, 0.15) is 0 Å². The third-order valence-corrected chi connectivity index (χ3v) is 6.41. The largest absolute Gasteiger partial charge is 0.312 e. The molecule has 1 aromatic rings. The fraction of sp³-hybridized carbons (Fsp3) is 0.700. The van der Waals surface area contributed by atoms with Gasteiger partial charge in [0.2, 0.25) is 0 Å². The molecular weight excluding hydrogens is 254 g/mol. The smallest absolute Gasteiger partial charge is 0.0205 e. The molecule has 0 saturated heterocycles. The van der Waals surface area contributed by atoms with Crippen LogP contribution in [0.2, 0.25) is 0 Å². The molecule has 5 rings (SSSR count). The lowest BCUT2D eigenvalue weighted by Gasteiger charge is -2.65. The quantitative estimate of drug-likeness (QED) is 0.839. The normalized spacial score (nSPS) is 44.2. The molecule has 0 amide bonds. The summed E-state index contributed by atoms with van der Waals surface area (Å²) in [5, 5.41) is 3.79. The Balaban J connectivity index is 1.45. The lowest BCUT2D eigenvalue weighted by atomic mass is 9.40. The van der Waals surface area contributed by atoms with Crippen molar-refractivity contribution >= 4 is 0 Å². The summed E-state index contributed by atoms with van der Waals surface area (Å²) >= 11 is 0. The highest BCUT2D eigenvalue weighted by molar-refractivity contribution is 5.15. The van der Waals surface area contributed by atoms with E-state index in [0.717, 1.165) is 12.5 Å². The highest BCUT2D eigenvalue weighted by atomic mass is 14.9. The molecule has 0 aliphatic heterocycles. The molecule has 4 aliphatic carbocycles. The zero-order valence-corrected chi connectivity index (χ0v) is 13.6. The molecule has 114 valence electrons. The van der Waals surface area contributed by atoms with Crippen LogP contribution in [0.3, 0.4) is 0 Å². The Labute approximate surface area is 129 Å². The lowest BCUT2D eigenvalue weighted by molar-refractivity contribution is -0.143. The first-order chi connectivity index (χ1) is 9.99. The van der Waals surface area contributed by atoms with Crippen LogP contribution < -0.4 is 5.32 Å². The van der Waals surface area contributed by atoms with E-state index in [1.165, 1.54) is 50.6 Å². The van der Waals surface area contributed by atoms with Crippen LogP contribution in [-0.2, 0) is 6.54 Å². The highest BCUT2D eigenvalue weighted by Gasteiger charge is 2.59. The van der Waals surface area contributed by atoms with Crippen LogP contribution in [0.25, 0.3) is 0 Å². The van der Waals surface area contributed by atoms with Gasteiger partial charge in [-0.05, 0) is 66.3 Å². The average Bonchev–Trinajstić information content (AvgIpc) is 2.35. The SMILES string of the molecule is CC12CC3CC(C)(C1)CC(CNCc1ccccc1)(C3)C2. The van der Waals surface area contributed by atoms with E-state index >= 15 is 0 Å². The molecule has 4 fully saturated rings. The van der Waals surface area contributed by atoms with Crippen molar-refractivity contribution in [1.29, 1.82) is 0 Å². The Morgan fingerprint density at radius 2 is 1.62 bits per heavy atom. The van der Waals surface area contributed by atoms with Crippen molar-refractivity contribution < 1.29 is 0 Å². The Hall–Kier alpha value is -0.820. The molecule has 1 aromatic carbocycles. The fourth-order valence-corrected chi connectivity index (χ4v) is 6.95. The maximum atomic E-state index is 3.79. The van der Waals surface area contributed by atoms with Crippen molar-refractivity contribution in [2.24, 2.45) is 22.2 Å². The molecule has 21 heavy (non-hydrogen) atoms. The first-order valence-electron chi connectivity index (χ1n) is 8.73. The predicted molar refractivity (Wildman–Crippen MR) is 88.0 cm³/mol. The second-order valence-electron chi connectivity index (χ2n) is 9.22. The molecule has 2 unspecified atom stereocenters. The van der Waals surface area contributed by atoms with E-state index in [2.05, 4.69) is 49.5 Å². The zero-order valence-electron chi connectivity index (χ0n) is 13.6. The number of hydrogen-bond donors (Lipinski definition) is 1. The molecule has 1 N–H and O–H groups in total. The fourth-order valence-electron chi connectivity index (χ4n) is 6.95. The van der Waals surface area contributed by atoms with Gasteiger partial charge in [-0.15, -0.1) is 0 Å². The zero-order chi connectivity index (χ0) is 14.6. The molecule has 2 atom stereocenters. The van der Waals surface area contributed by atoms with Gasteiger partial charge in [-0.3, -0.25) is 0 Å². The second-order valence-corrected chi connectivity index (χ2v) is 9.22. The molecule has 0 aromatic heterocycles. The molecule has 1 nitrogen and oxygen atoms in total. The Bertz CT molecular complexity index is 502. The molecule has 0 heterocycles. The summed E-state index contributed by atoms with van der Waals surface area (Å²) in [4.78, 5) is 0. The van der Waals surface area contributed by atoms with Crippen molar-refractivity contribution in [3.8, 4) is 0 Å². The van der Waals surface area contributed by atoms with Crippen molar-refractivity contribution in [3.05, 3.63) is 35.9 Å². The second kappa shape index (κ2) is 4.59. The van der Waals surface area contributed by atoms with Gasteiger partial charge in [0, 0.05) is 13.1 Å². The van der Waals surface area contributed by atoms with E-state index in [-0.39, 0.29) is 0 Å². The first-order valence-corrected chi connectivity index (χ1v) is 8.73. The van der Waals surface area contributed by atoms with Gasteiger partial charge in [-0.1, -0.05) is 44.2 Å². The van der Waals surface area contributed by atoms with Gasteiger partial charge in [-0.25, -0.2) is 0 Å². The Morgan fingerprint density at radius 1 is 0.952 bits per heavy atom. The van der Waals surface area contributed by atoms with Crippen LogP contribution in [0.5, 0.6) is 0 Å². The van der Waals surface area contributed by atoms with E-state index in [1.807, 2.05) is 0 Å². The summed E-state index contributed by atoms with van der Waals surface area (Å²) in [5.74, 6) is 1.01. The maximum Gasteiger partial charge on any atom is 0.0205 e. The van der Waals surface area contributed by atoms with E-state index in [1.54, 1.807) is 0 Å². The molecule has 0 radical (unpaired) electrons. The third-order valence-electron chi connectivity index (χ3n) is 6.41. The van der Waals surface area contributed by atoms with Crippen LogP contribution in [-0.4, -0.2) is 6.54 Å². The van der Waals surface area contributed by atoms with Crippen molar-refractivity contribution in [2.45, 2.75) is 58.9 Å². The topological polar surface area (TPSA) is 12.0 Å². The van der Waals surface area contributed by atoms with Crippen molar-refractivity contribution in [1.82, 2.24) is 5.32 Å². The summed E-state index contributed by atoms with van der Waals surface area (Å²) in [7, 11) is 0. The van der Waals surface area contributed by atoms with Crippen molar-refractivity contribution in [3.63, 3.8) is 0 Å². The van der Waals surface area contributed by atoms with Gasteiger partial charge in [0.15, 0.2) is 0 Å². The van der Waals surface area contributed by atoms with Crippen LogP contribution in [0, 0.1) is 22.2 Å². The van der Waals surface area contributed by atoms with Gasteiger partial charge in [-0.2, -0.15) is 0 Å². The minimum Gasteiger partial charge on any atom is -0.312 e. The third kappa shape index (κ3) is 2.54. The minimum absolute atomic E-state index is 0.595. The molecule has 4 aliphatic rings. The van der Waals surface area contributed by atoms with E-state index < -0.39 is 0 Å². The summed E-state index contributed by atoms with van der Waals surface area (Å²) in [6, 6.07) is 10.8. The minimum atomic E-state index is 0.595. The van der Waals surface area contributed by atoms with Gasteiger partial charge in [0.25, 0.3) is 0 Å². The summed E-state index contributed by atoms with van der Waals surface area (Å²) < 4.78 is 0. The molecule has 4 saturated carbocycles. The van der Waals surface area contributed by atoms with E-state index in [9.17, 15) is 0 Å². The Kier molecular flexibility index (Phi) is 3.02. The van der Waals surface area contributed by atoms with Gasteiger partial charge in [0.05, 0.1) is 0 Å². The molecule has 1 heteroatoms. The van der Waals surface area contributed by atoms with E-state index in [4.69, 9.17) is 0 Å². The lowest BCUT2D eigenvalue weighted by Crippen LogP contribution is -2.57. The number of nitrogens with one attached hydrogen (secondary N) is 1. The first kappa shape index (κ1) is 13.8. The number of benzene rings is 1. The van der Waals surface area contributed by atoms with Gasteiger partial charge < -0.3 is 5.32 Å². The monoisotopic (exact) mass is 283 g/mol. The standard InChI is InChI=1S/C20H29N/c1-18-8-17-9-19(2,12-18)14-20(10-17,13-18)15-21-11-16-6-4-3-5-7-16/h3-7,17,21H,8-15H2,1-2H3. The highest BCUT2D eigenvalue weighted by Crippen LogP contribution is 2.69. The number of hydrogen-bond acceptors (Lipinski definition) is 1. The molecule has 4 bridgehead atoms. The van der Waals surface area contributed by atoms with Gasteiger partial charge >= 0.3 is 0 Å². The summed E-state index contributed by atoms with van der Waals surface area (Å²) in [5.41, 5.74) is 3.29. The van der Waals surface area contributed by atoms with Crippen LogP contribution in [0.4, 0.5) is 0 Å². The summed E-state index contributed by atoms with van der Waals surface area (Å²) in [6.45, 7) is 7.40. The summed E-state index contributed by atoms with van der Waals surface area (Å²) in [6.07, 6.45) is 8.91. The molecule has 0 spiro atoms. The maximum absolute atomic E-state index is 3.79. The van der Waals surface area contributed by atoms with Crippen LogP contribution >= 0.6 is 0 Å². The van der Waals surface area contributed by atoms with Crippen molar-refractivity contribution in [2.75, 3.05) is 6.54 Å².